The second kappa shape index (κ2) is 10.5. The number of fused-ring (bicyclic) bond motifs is 1. The summed E-state index contributed by atoms with van der Waals surface area (Å²) in [6, 6.07) is 17.8. The van der Waals surface area contributed by atoms with E-state index in [2.05, 4.69) is 10.3 Å². The number of aromatic nitrogens is 3. The number of carbonyl (C=O) groups is 1. The van der Waals surface area contributed by atoms with Gasteiger partial charge in [-0.05, 0) is 60.0 Å². The number of thioether (sulfide) groups is 1. The molecule has 0 amide bonds. The van der Waals surface area contributed by atoms with Crippen LogP contribution in [-0.4, -0.2) is 38.4 Å². The van der Waals surface area contributed by atoms with E-state index >= 15 is 0 Å². The van der Waals surface area contributed by atoms with Gasteiger partial charge in [0.05, 0.1) is 17.5 Å². The average molecular weight is 516 g/mol. The lowest BCUT2D eigenvalue weighted by molar-refractivity contribution is -0.136. The van der Waals surface area contributed by atoms with Crippen LogP contribution in [0.1, 0.15) is 6.42 Å². The van der Waals surface area contributed by atoms with Gasteiger partial charge < -0.3 is 9.84 Å². The topological polar surface area (TPSA) is 94.3 Å². The molecule has 4 aromatic rings. The van der Waals surface area contributed by atoms with E-state index in [1.54, 1.807) is 42.5 Å². The molecule has 1 aromatic heterocycles. The molecule has 0 saturated heterocycles. The number of aliphatic carboxylic acids is 1. The number of ether oxygens (including phenoxy) is 1. The second-order valence-electron chi connectivity index (χ2n) is 7.39. The van der Waals surface area contributed by atoms with E-state index in [9.17, 15) is 14.7 Å². The monoisotopic (exact) mass is 515 g/mol. The SMILES string of the molecule is COc1ccc2nnn(CCC(Sc3ccc(-c4ccc(Cl)cc4)cc3Cl)C(=O)O)c(=O)c2c1. The average Bonchev–Trinajstić information content (AvgIpc) is 2.83. The zero-order valence-electron chi connectivity index (χ0n) is 17.9. The first-order valence-corrected chi connectivity index (χ1v) is 11.9. The van der Waals surface area contributed by atoms with Crippen molar-refractivity contribution in [3.63, 3.8) is 0 Å². The molecule has 10 heteroatoms. The molecule has 1 atom stereocenters. The summed E-state index contributed by atoms with van der Waals surface area (Å²) in [5.74, 6) is -0.480. The first-order chi connectivity index (χ1) is 16.4. The van der Waals surface area contributed by atoms with Crippen LogP contribution < -0.4 is 10.3 Å². The molecule has 0 aliphatic carbocycles. The van der Waals surface area contributed by atoms with E-state index in [-0.39, 0.29) is 18.5 Å². The van der Waals surface area contributed by atoms with Crippen LogP contribution in [0.2, 0.25) is 10.0 Å². The first-order valence-electron chi connectivity index (χ1n) is 10.2. The predicted molar refractivity (Wildman–Crippen MR) is 134 cm³/mol. The first kappa shape index (κ1) is 24.1. The number of methoxy groups -OCH3 is 1. The number of hydrogen-bond acceptors (Lipinski definition) is 6. The number of benzene rings is 3. The smallest absolute Gasteiger partial charge is 0.317 e. The maximum absolute atomic E-state index is 12.8. The fraction of sp³-hybridized carbons (Fsp3) is 0.167. The lowest BCUT2D eigenvalue weighted by atomic mass is 10.1. The summed E-state index contributed by atoms with van der Waals surface area (Å²) < 4.78 is 6.34. The van der Waals surface area contributed by atoms with Gasteiger partial charge in [0.25, 0.3) is 5.56 Å². The van der Waals surface area contributed by atoms with Gasteiger partial charge in [-0.15, -0.1) is 16.9 Å². The molecule has 1 N–H and O–H groups in total. The highest BCUT2D eigenvalue weighted by Crippen LogP contribution is 2.35. The summed E-state index contributed by atoms with van der Waals surface area (Å²) in [5, 5.41) is 18.4. The maximum atomic E-state index is 12.8. The van der Waals surface area contributed by atoms with Crippen molar-refractivity contribution in [2.45, 2.75) is 23.1 Å². The molecule has 3 aromatic carbocycles. The molecule has 0 spiro atoms. The maximum Gasteiger partial charge on any atom is 0.317 e. The second-order valence-corrected chi connectivity index (χ2v) is 9.47. The van der Waals surface area contributed by atoms with Crippen LogP contribution in [0.5, 0.6) is 5.75 Å². The molecule has 174 valence electrons. The molecule has 0 aliphatic rings. The van der Waals surface area contributed by atoms with Crippen LogP contribution in [0.25, 0.3) is 22.0 Å². The molecule has 0 aliphatic heterocycles. The molecule has 0 fully saturated rings. The molecule has 1 unspecified atom stereocenters. The number of hydrogen-bond donors (Lipinski definition) is 1. The fourth-order valence-corrected chi connectivity index (χ4v) is 4.76. The molecule has 1 heterocycles. The molecule has 7 nitrogen and oxygen atoms in total. The Morgan fingerprint density at radius 3 is 2.50 bits per heavy atom. The van der Waals surface area contributed by atoms with Crippen LogP contribution in [-0.2, 0) is 11.3 Å². The Morgan fingerprint density at radius 1 is 1.09 bits per heavy atom. The molecule has 0 saturated carbocycles. The molecule has 34 heavy (non-hydrogen) atoms. The van der Waals surface area contributed by atoms with E-state index in [0.29, 0.717) is 31.6 Å². The number of halogens is 2. The lowest BCUT2D eigenvalue weighted by Crippen LogP contribution is -2.27. The van der Waals surface area contributed by atoms with Gasteiger partial charge in [0.1, 0.15) is 16.5 Å². The third-order valence-electron chi connectivity index (χ3n) is 5.19. The van der Waals surface area contributed by atoms with Gasteiger partial charge in [0, 0.05) is 16.5 Å². The van der Waals surface area contributed by atoms with Crippen LogP contribution in [0.4, 0.5) is 0 Å². The summed E-state index contributed by atoms with van der Waals surface area (Å²) in [6.45, 7) is 0.0867. The molecular formula is C24H19Cl2N3O4S. The zero-order chi connectivity index (χ0) is 24.2. The Labute approximate surface area is 209 Å². The van der Waals surface area contributed by atoms with Crippen LogP contribution in [0, 0.1) is 0 Å². The van der Waals surface area contributed by atoms with Crippen LogP contribution >= 0.6 is 35.0 Å². The number of carboxylic acids is 1. The van der Waals surface area contributed by atoms with E-state index in [1.165, 1.54) is 11.8 Å². The van der Waals surface area contributed by atoms with Crippen molar-refractivity contribution < 1.29 is 14.6 Å². The van der Waals surface area contributed by atoms with E-state index < -0.39 is 11.2 Å². The highest BCUT2D eigenvalue weighted by molar-refractivity contribution is 8.00. The molecule has 0 bridgehead atoms. The van der Waals surface area contributed by atoms with Crippen LogP contribution in [0.3, 0.4) is 0 Å². The van der Waals surface area contributed by atoms with Gasteiger partial charge in [-0.25, -0.2) is 4.68 Å². The Hall–Kier alpha value is -3.07. The minimum atomic E-state index is -1.01. The molecule has 0 radical (unpaired) electrons. The Morgan fingerprint density at radius 2 is 1.82 bits per heavy atom. The normalized spacial score (nSPS) is 12.0. The number of nitrogens with zero attached hydrogens (tertiary/aromatic N) is 3. The van der Waals surface area contributed by atoms with E-state index in [0.717, 1.165) is 22.9 Å². The van der Waals surface area contributed by atoms with Crippen molar-refractivity contribution in [2.24, 2.45) is 0 Å². The van der Waals surface area contributed by atoms with Crippen molar-refractivity contribution in [1.82, 2.24) is 15.0 Å². The Bertz CT molecular complexity index is 1410. The third kappa shape index (κ3) is 5.35. The summed E-state index contributed by atoms with van der Waals surface area (Å²) in [6.07, 6.45) is 0.152. The van der Waals surface area contributed by atoms with Gasteiger partial charge in [0.15, 0.2) is 0 Å². The fourth-order valence-electron chi connectivity index (χ4n) is 3.37. The summed E-state index contributed by atoms with van der Waals surface area (Å²) in [4.78, 5) is 25.4. The van der Waals surface area contributed by atoms with Gasteiger partial charge in [-0.1, -0.05) is 46.6 Å². The van der Waals surface area contributed by atoms with Gasteiger partial charge in [-0.3, -0.25) is 9.59 Å². The number of aryl methyl sites for hydroxylation is 1. The van der Waals surface area contributed by atoms with Crippen molar-refractivity contribution in [3.05, 3.63) is 81.1 Å². The van der Waals surface area contributed by atoms with Gasteiger partial charge in [0.2, 0.25) is 0 Å². The Balaban J connectivity index is 1.51. The zero-order valence-corrected chi connectivity index (χ0v) is 20.3. The predicted octanol–water partition coefficient (Wildman–Crippen LogP) is 5.41. The van der Waals surface area contributed by atoms with Crippen molar-refractivity contribution in [1.29, 1.82) is 0 Å². The summed E-state index contributed by atoms with van der Waals surface area (Å²) in [5.41, 5.74) is 1.93. The lowest BCUT2D eigenvalue weighted by Gasteiger charge is -2.14. The largest absolute Gasteiger partial charge is 0.497 e. The highest BCUT2D eigenvalue weighted by Gasteiger charge is 2.21. The summed E-state index contributed by atoms with van der Waals surface area (Å²) in [7, 11) is 1.51. The number of carboxylic acid groups (broad SMARTS) is 1. The standard InChI is InChI=1S/C24H19Cl2N3O4S/c1-33-17-7-8-20-18(13-17)23(30)29(28-27-20)11-10-22(24(31)32)34-21-9-4-15(12-19(21)26)14-2-5-16(25)6-3-14/h2-9,12-13,22H,10-11H2,1H3,(H,31,32). The van der Waals surface area contributed by atoms with Crippen molar-refractivity contribution in [2.75, 3.05) is 7.11 Å². The van der Waals surface area contributed by atoms with Gasteiger partial charge >= 0.3 is 5.97 Å². The molecule has 4 rings (SSSR count). The molecular weight excluding hydrogens is 497 g/mol. The quantitative estimate of drug-likeness (QED) is 0.313. The van der Waals surface area contributed by atoms with Crippen molar-refractivity contribution >= 4 is 51.8 Å². The van der Waals surface area contributed by atoms with Crippen molar-refractivity contribution in [3.8, 4) is 16.9 Å². The highest BCUT2D eigenvalue weighted by atomic mass is 35.5. The van der Waals surface area contributed by atoms with Gasteiger partial charge in [-0.2, -0.15) is 0 Å². The Kier molecular flexibility index (Phi) is 7.41. The van der Waals surface area contributed by atoms with E-state index in [1.807, 2.05) is 18.2 Å². The number of rotatable bonds is 8. The van der Waals surface area contributed by atoms with E-state index in [4.69, 9.17) is 27.9 Å². The minimum Gasteiger partial charge on any atom is -0.497 e. The minimum absolute atomic E-state index is 0.0867. The summed E-state index contributed by atoms with van der Waals surface area (Å²) >= 11 is 13.5. The van der Waals surface area contributed by atoms with Crippen LogP contribution in [0.15, 0.2) is 70.4 Å². The third-order valence-corrected chi connectivity index (χ3v) is 7.19.